The highest BCUT2D eigenvalue weighted by atomic mass is 16.4. The SMILES string of the molecule is CC(C)C(=O)NC(=O)[C@H](O)[C@@H](O)[C@@H](O)[C@H](O)CO. The van der Waals surface area contributed by atoms with Crippen molar-refractivity contribution in [2.24, 2.45) is 5.92 Å². The average molecular weight is 265 g/mol. The second-order valence-electron chi connectivity index (χ2n) is 4.18. The maximum absolute atomic E-state index is 11.3. The number of carbonyl (C=O) groups is 2. The van der Waals surface area contributed by atoms with E-state index in [1.54, 1.807) is 0 Å². The summed E-state index contributed by atoms with van der Waals surface area (Å²) in [4.78, 5) is 22.5. The number of nitrogens with one attached hydrogen (secondary N) is 1. The standard InChI is InChI=1S/C10H19NO7/c1-4(2)9(17)11-10(18)8(16)7(15)6(14)5(13)3-12/h4-8,12-16H,3H2,1-2H3,(H,11,17,18)/t5-,6+,7+,8-/m1/s1. The minimum atomic E-state index is -2.09. The summed E-state index contributed by atoms with van der Waals surface area (Å²) in [6.45, 7) is 2.20. The second-order valence-corrected chi connectivity index (χ2v) is 4.18. The van der Waals surface area contributed by atoms with Crippen molar-refractivity contribution in [3.63, 3.8) is 0 Å². The zero-order chi connectivity index (χ0) is 14.5. The highest BCUT2D eigenvalue weighted by molar-refractivity contribution is 5.98. The lowest BCUT2D eigenvalue weighted by Gasteiger charge is -2.24. The summed E-state index contributed by atoms with van der Waals surface area (Å²) >= 11 is 0. The topological polar surface area (TPSA) is 147 Å². The van der Waals surface area contributed by atoms with E-state index in [2.05, 4.69) is 0 Å². The van der Waals surface area contributed by atoms with Gasteiger partial charge in [0.05, 0.1) is 6.61 Å². The monoisotopic (exact) mass is 265 g/mol. The maximum Gasteiger partial charge on any atom is 0.258 e. The molecule has 0 radical (unpaired) electrons. The fourth-order valence-corrected chi connectivity index (χ4v) is 1.02. The van der Waals surface area contributed by atoms with Crippen LogP contribution >= 0.6 is 0 Å². The molecule has 0 saturated carbocycles. The quantitative estimate of drug-likeness (QED) is 0.295. The summed E-state index contributed by atoms with van der Waals surface area (Å²) in [6.07, 6.45) is -7.73. The van der Waals surface area contributed by atoms with Gasteiger partial charge in [-0.2, -0.15) is 0 Å². The zero-order valence-corrected chi connectivity index (χ0v) is 10.1. The molecule has 8 nitrogen and oxygen atoms in total. The third kappa shape index (κ3) is 4.67. The molecule has 0 aliphatic heterocycles. The van der Waals surface area contributed by atoms with E-state index >= 15 is 0 Å². The molecule has 0 aromatic carbocycles. The first-order chi connectivity index (χ1) is 8.22. The van der Waals surface area contributed by atoms with Gasteiger partial charge in [-0.25, -0.2) is 0 Å². The Bertz CT molecular complexity index is 294. The Morgan fingerprint density at radius 3 is 1.89 bits per heavy atom. The van der Waals surface area contributed by atoms with Gasteiger partial charge < -0.3 is 25.5 Å². The lowest BCUT2D eigenvalue weighted by atomic mass is 10.0. The van der Waals surface area contributed by atoms with E-state index in [0.29, 0.717) is 0 Å². The van der Waals surface area contributed by atoms with Crippen LogP contribution in [-0.2, 0) is 9.59 Å². The van der Waals surface area contributed by atoms with Gasteiger partial charge in [0, 0.05) is 5.92 Å². The number of aliphatic hydroxyl groups is 5. The molecule has 0 aliphatic rings. The number of amides is 2. The predicted octanol–water partition coefficient (Wildman–Crippen LogP) is -3.28. The van der Waals surface area contributed by atoms with Crippen LogP contribution in [0.4, 0.5) is 0 Å². The molecule has 0 saturated heterocycles. The van der Waals surface area contributed by atoms with Crippen molar-refractivity contribution in [2.75, 3.05) is 6.61 Å². The van der Waals surface area contributed by atoms with Crippen LogP contribution in [0.25, 0.3) is 0 Å². The third-order valence-electron chi connectivity index (χ3n) is 2.29. The Morgan fingerprint density at radius 1 is 1.00 bits per heavy atom. The van der Waals surface area contributed by atoms with Gasteiger partial charge in [-0.05, 0) is 0 Å². The molecule has 0 aromatic heterocycles. The van der Waals surface area contributed by atoms with Crippen molar-refractivity contribution in [3.8, 4) is 0 Å². The molecule has 0 unspecified atom stereocenters. The molecular formula is C10H19NO7. The molecule has 0 fully saturated rings. The van der Waals surface area contributed by atoms with Gasteiger partial charge in [0.1, 0.15) is 18.3 Å². The van der Waals surface area contributed by atoms with Crippen molar-refractivity contribution in [1.29, 1.82) is 0 Å². The maximum atomic E-state index is 11.3. The molecular weight excluding hydrogens is 246 g/mol. The number of imide groups is 1. The average Bonchev–Trinajstić information content (AvgIpc) is 2.34. The van der Waals surface area contributed by atoms with E-state index in [0.717, 1.165) is 0 Å². The van der Waals surface area contributed by atoms with Crippen LogP contribution in [0.15, 0.2) is 0 Å². The van der Waals surface area contributed by atoms with E-state index < -0.39 is 48.8 Å². The van der Waals surface area contributed by atoms with Crippen LogP contribution in [-0.4, -0.2) is 68.4 Å². The van der Waals surface area contributed by atoms with Gasteiger partial charge in [0.2, 0.25) is 5.91 Å². The Morgan fingerprint density at radius 2 is 1.50 bits per heavy atom. The van der Waals surface area contributed by atoms with E-state index in [-0.39, 0.29) is 0 Å². The summed E-state index contributed by atoms with van der Waals surface area (Å²) in [5.74, 6) is -2.33. The van der Waals surface area contributed by atoms with Gasteiger partial charge in [-0.1, -0.05) is 13.8 Å². The molecule has 6 N–H and O–H groups in total. The molecule has 0 heterocycles. The van der Waals surface area contributed by atoms with Crippen molar-refractivity contribution >= 4 is 11.8 Å². The zero-order valence-electron chi connectivity index (χ0n) is 10.1. The lowest BCUT2D eigenvalue weighted by molar-refractivity contribution is -0.151. The van der Waals surface area contributed by atoms with Crippen molar-refractivity contribution in [1.82, 2.24) is 5.32 Å². The van der Waals surface area contributed by atoms with Crippen LogP contribution in [0.3, 0.4) is 0 Å². The summed E-state index contributed by atoms with van der Waals surface area (Å²) in [7, 11) is 0. The number of rotatable bonds is 6. The van der Waals surface area contributed by atoms with Crippen LogP contribution < -0.4 is 5.32 Å². The van der Waals surface area contributed by atoms with Crippen LogP contribution in [0.2, 0.25) is 0 Å². The molecule has 0 aromatic rings. The highest BCUT2D eigenvalue weighted by Gasteiger charge is 2.34. The molecule has 18 heavy (non-hydrogen) atoms. The fourth-order valence-electron chi connectivity index (χ4n) is 1.02. The van der Waals surface area contributed by atoms with Crippen LogP contribution in [0, 0.1) is 5.92 Å². The molecule has 8 heteroatoms. The van der Waals surface area contributed by atoms with Gasteiger partial charge in [0.15, 0.2) is 6.10 Å². The molecule has 0 rings (SSSR count). The van der Waals surface area contributed by atoms with Gasteiger partial charge in [0.25, 0.3) is 5.91 Å². The van der Waals surface area contributed by atoms with Crippen molar-refractivity contribution in [2.45, 2.75) is 38.3 Å². The highest BCUT2D eigenvalue weighted by Crippen LogP contribution is 2.05. The van der Waals surface area contributed by atoms with Crippen LogP contribution in [0.5, 0.6) is 0 Å². The number of hydrogen-bond acceptors (Lipinski definition) is 7. The summed E-state index contributed by atoms with van der Waals surface area (Å²) in [5, 5.41) is 47.4. The van der Waals surface area contributed by atoms with Gasteiger partial charge in [-0.15, -0.1) is 0 Å². The van der Waals surface area contributed by atoms with Crippen molar-refractivity contribution in [3.05, 3.63) is 0 Å². The third-order valence-corrected chi connectivity index (χ3v) is 2.29. The number of carbonyl (C=O) groups excluding carboxylic acids is 2. The molecule has 0 spiro atoms. The van der Waals surface area contributed by atoms with E-state index in [1.165, 1.54) is 13.8 Å². The first-order valence-corrected chi connectivity index (χ1v) is 5.40. The first-order valence-electron chi connectivity index (χ1n) is 5.40. The van der Waals surface area contributed by atoms with Gasteiger partial charge in [-0.3, -0.25) is 14.9 Å². The smallest absolute Gasteiger partial charge is 0.258 e. The Kier molecular flexibility index (Phi) is 6.96. The number of aliphatic hydroxyl groups excluding tert-OH is 5. The molecule has 4 atom stereocenters. The number of hydrogen-bond donors (Lipinski definition) is 6. The predicted molar refractivity (Wildman–Crippen MR) is 59.1 cm³/mol. The normalized spacial score (nSPS) is 18.0. The molecule has 0 aliphatic carbocycles. The molecule has 0 bridgehead atoms. The summed E-state index contributed by atoms with van der Waals surface area (Å²) in [5.41, 5.74) is 0. The molecule has 106 valence electrons. The summed E-state index contributed by atoms with van der Waals surface area (Å²) < 4.78 is 0. The Balaban J connectivity index is 4.50. The van der Waals surface area contributed by atoms with Crippen LogP contribution in [0.1, 0.15) is 13.8 Å². The Labute approximate surface area is 104 Å². The largest absolute Gasteiger partial charge is 0.394 e. The Hall–Kier alpha value is -1.06. The fraction of sp³-hybridized carbons (Fsp3) is 0.800. The minimum Gasteiger partial charge on any atom is -0.394 e. The second kappa shape index (κ2) is 7.39. The molecule has 2 amide bonds. The summed E-state index contributed by atoms with van der Waals surface area (Å²) in [6, 6.07) is 0. The van der Waals surface area contributed by atoms with E-state index in [1.807, 2.05) is 5.32 Å². The van der Waals surface area contributed by atoms with E-state index in [9.17, 15) is 24.9 Å². The first kappa shape index (κ1) is 16.9. The van der Waals surface area contributed by atoms with E-state index in [4.69, 9.17) is 10.2 Å². The minimum absolute atomic E-state index is 0.494. The van der Waals surface area contributed by atoms with Gasteiger partial charge >= 0.3 is 0 Å². The lowest BCUT2D eigenvalue weighted by Crippen LogP contribution is -2.53. The van der Waals surface area contributed by atoms with Crippen molar-refractivity contribution < 1.29 is 35.1 Å².